The lowest BCUT2D eigenvalue weighted by Crippen LogP contribution is -2.42. The molecule has 29 heavy (non-hydrogen) atoms. The van der Waals surface area contributed by atoms with E-state index in [4.69, 9.17) is 0 Å². The molecule has 0 aliphatic carbocycles. The molecule has 2 aromatic carbocycles. The number of benzene rings is 2. The van der Waals surface area contributed by atoms with E-state index in [2.05, 4.69) is 76.6 Å². The van der Waals surface area contributed by atoms with Crippen LogP contribution in [0.15, 0.2) is 52.8 Å². The zero-order chi connectivity index (χ0) is 20.4. The fourth-order valence-electron chi connectivity index (χ4n) is 3.12. The third-order valence-electron chi connectivity index (χ3n) is 4.83. The van der Waals surface area contributed by atoms with Crippen LogP contribution in [0.4, 0.5) is 16.5 Å². The molecule has 0 radical (unpaired) electrons. The van der Waals surface area contributed by atoms with Crippen LogP contribution in [0.5, 0.6) is 0 Å². The normalized spacial score (nSPS) is 12.4. The number of H-pyrrole nitrogens is 1. The minimum absolute atomic E-state index is 0.655. The van der Waals surface area contributed by atoms with E-state index in [0.717, 1.165) is 50.9 Å². The summed E-state index contributed by atoms with van der Waals surface area (Å²) in [5, 5.41) is 17.5. The van der Waals surface area contributed by atoms with Gasteiger partial charge in [0.2, 0.25) is 5.13 Å². The van der Waals surface area contributed by atoms with E-state index < -0.39 is 0 Å². The van der Waals surface area contributed by atoms with Crippen LogP contribution in [-0.4, -0.2) is 60.4 Å². The Hall–Kier alpha value is -2.84. The van der Waals surface area contributed by atoms with Crippen LogP contribution in [0.3, 0.4) is 0 Å². The maximum atomic E-state index is 4.56. The highest BCUT2D eigenvalue weighted by Gasteiger charge is 2.11. The second-order valence-corrected chi connectivity index (χ2v) is 9.09. The number of hydrogen-bond acceptors (Lipinski definition) is 6. The Balaban J connectivity index is 1.47. The Kier molecular flexibility index (Phi) is 5.29. The highest BCUT2D eigenvalue weighted by Crippen LogP contribution is 2.32. The number of hydrogen-bond donors (Lipinski definition) is 1. The van der Waals surface area contributed by atoms with Gasteiger partial charge in [-0.2, -0.15) is 5.10 Å². The number of nitrogens with one attached hydrogen (secondary N) is 1. The van der Waals surface area contributed by atoms with Crippen molar-refractivity contribution in [2.45, 2.75) is 6.92 Å². The first kappa shape index (κ1) is 19.5. The molecule has 0 amide bonds. The van der Waals surface area contributed by atoms with Crippen molar-refractivity contribution >= 4 is 49.0 Å². The Morgan fingerprint density at radius 1 is 1.10 bits per heavy atom. The number of thiazole rings is 1. The standard InChI is InChI=1S/C21H26N7S/c1-5-27(10-11-28(2,3)4)17-8-6-16(7-9-17)24-26-21-23-19-13-18-15(14-22-25-18)12-20(19)29-21/h6-9,12-14H,5,10-11H2,1-4H3,(H,22,25)/q+1. The topological polar surface area (TPSA) is 69.5 Å². The van der Waals surface area contributed by atoms with Gasteiger partial charge in [0.1, 0.15) is 0 Å². The van der Waals surface area contributed by atoms with Crippen LogP contribution in [0.25, 0.3) is 21.1 Å². The number of nitrogens with zero attached hydrogens (tertiary/aromatic N) is 6. The van der Waals surface area contributed by atoms with Crippen LogP contribution < -0.4 is 4.90 Å². The van der Waals surface area contributed by atoms with Gasteiger partial charge < -0.3 is 9.38 Å². The van der Waals surface area contributed by atoms with E-state index in [9.17, 15) is 0 Å². The summed E-state index contributed by atoms with van der Waals surface area (Å²) in [6.07, 6.45) is 1.82. The van der Waals surface area contributed by atoms with Gasteiger partial charge in [-0.15, -0.1) is 10.2 Å². The molecule has 0 saturated carbocycles. The predicted octanol–water partition coefficient (Wildman–Crippen LogP) is 5.12. The summed E-state index contributed by atoms with van der Waals surface area (Å²) >= 11 is 1.53. The van der Waals surface area contributed by atoms with Gasteiger partial charge in [0.05, 0.1) is 61.9 Å². The fourth-order valence-corrected chi connectivity index (χ4v) is 3.93. The van der Waals surface area contributed by atoms with Crippen molar-refractivity contribution in [3.8, 4) is 0 Å². The van der Waals surface area contributed by atoms with Crippen molar-refractivity contribution < 1.29 is 4.48 Å². The summed E-state index contributed by atoms with van der Waals surface area (Å²) in [4.78, 5) is 6.95. The van der Waals surface area contributed by atoms with Gasteiger partial charge in [0, 0.05) is 17.6 Å². The molecular weight excluding hydrogens is 382 g/mol. The summed E-state index contributed by atoms with van der Waals surface area (Å²) in [7, 11) is 6.66. The summed E-state index contributed by atoms with van der Waals surface area (Å²) < 4.78 is 2.04. The predicted molar refractivity (Wildman–Crippen MR) is 121 cm³/mol. The number of azo groups is 1. The SMILES string of the molecule is CCN(CC[N+](C)(C)C)c1ccc(N=Nc2nc3cc4[nH]ncc4cc3s2)cc1. The van der Waals surface area contributed by atoms with E-state index in [1.807, 2.05) is 24.4 Å². The highest BCUT2D eigenvalue weighted by atomic mass is 32.1. The van der Waals surface area contributed by atoms with Gasteiger partial charge in [-0.25, -0.2) is 4.98 Å². The number of fused-ring (bicyclic) bond motifs is 2. The Bertz CT molecular complexity index is 1090. The Morgan fingerprint density at radius 3 is 2.62 bits per heavy atom. The lowest BCUT2D eigenvalue weighted by molar-refractivity contribution is -0.868. The summed E-state index contributed by atoms with van der Waals surface area (Å²) in [5.74, 6) is 0. The van der Waals surface area contributed by atoms with Crippen LogP contribution in [-0.2, 0) is 0 Å². The van der Waals surface area contributed by atoms with Gasteiger partial charge in [-0.3, -0.25) is 5.10 Å². The van der Waals surface area contributed by atoms with Gasteiger partial charge in [-0.1, -0.05) is 11.3 Å². The summed E-state index contributed by atoms with van der Waals surface area (Å²) in [6.45, 7) is 5.29. The minimum Gasteiger partial charge on any atom is -0.366 e. The first-order chi connectivity index (χ1) is 13.9. The Morgan fingerprint density at radius 2 is 1.90 bits per heavy atom. The molecule has 0 atom stereocenters. The number of likely N-dealkylation sites (N-methyl/N-ethyl adjacent to an activating group) is 2. The third kappa shape index (κ3) is 4.60. The van der Waals surface area contributed by atoms with E-state index in [1.54, 1.807) is 0 Å². The molecule has 8 heteroatoms. The van der Waals surface area contributed by atoms with Gasteiger partial charge in [0.25, 0.3) is 0 Å². The van der Waals surface area contributed by atoms with E-state index in [-0.39, 0.29) is 0 Å². The summed E-state index contributed by atoms with van der Waals surface area (Å²) in [6, 6.07) is 12.3. The molecule has 2 heterocycles. The van der Waals surface area contributed by atoms with Crippen molar-refractivity contribution in [1.82, 2.24) is 15.2 Å². The number of anilines is 1. The summed E-state index contributed by atoms with van der Waals surface area (Å²) in [5.41, 5.74) is 3.93. The van der Waals surface area contributed by atoms with Crippen molar-refractivity contribution in [3.05, 3.63) is 42.6 Å². The molecule has 0 aliphatic rings. The second-order valence-electron chi connectivity index (χ2n) is 8.08. The maximum Gasteiger partial charge on any atom is 0.231 e. The maximum absolute atomic E-state index is 4.56. The van der Waals surface area contributed by atoms with Crippen LogP contribution in [0, 0.1) is 0 Å². The minimum atomic E-state index is 0.655. The fraction of sp³-hybridized carbons (Fsp3) is 0.333. The number of quaternary nitrogens is 1. The molecule has 150 valence electrons. The molecule has 4 aromatic rings. The highest BCUT2D eigenvalue weighted by molar-refractivity contribution is 7.22. The lowest BCUT2D eigenvalue weighted by Gasteiger charge is -2.29. The van der Waals surface area contributed by atoms with Crippen molar-refractivity contribution in [1.29, 1.82) is 0 Å². The van der Waals surface area contributed by atoms with Gasteiger partial charge >= 0.3 is 0 Å². The second kappa shape index (κ2) is 7.88. The average molecular weight is 409 g/mol. The molecule has 7 nitrogen and oxygen atoms in total. The lowest BCUT2D eigenvalue weighted by atomic mass is 10.2. The van der Waals surface area contributed by atoms with Gasteiger partial charge in [-0.05, 0) is 43.3 Å². The molecule has 0 fully saturated rings. The monoisotopic (exact) mass is 408 g/mol. The molecule has 0 unspecified atom stereocenters. The third-order valence-corrected chi connectivity index (χ3v) is 5.73. The van der Waals surface area contributed by atoms with E-state index in [0.29, 0.717) is 5.13 Å². The Labute approximate surface area is 174 Å². The van der Waals surface area contributed by atoms with Crippen LogP contribution >= 0.6 is 11.3 Å². The number of aromatic amines is 1. The van der Waals surface area contributed by atoms with Crippen LogP contribution in [0.1, 0.15) is 6.92 Å². The van der Waals surface area contributed by atoms with Crippen molar-refractivity contribution in [3.63, 3.8) is 0 Å². The van der Waals surface area contributed by atoms with E-state index >= 15 is 0 Å². The quantitative estimate of drug-likeness (QED) is 0.341. The molecule has 4 rings (SSSR count). The average Bonchev–Trinajstić information content (AvgIpc) is 3.30. The molecule has 0 bridgehead atoms. The zero-order valence-electron chi connectivity index (χ0n) is 17.3. The number of aromatic nitrogens is 3. The molecule has 2 aromatic heterocycles. The molecule has 0 aliphatic heterocycles. The van der Waals surface area contributed by atoms with Crippen molar-refractivity contribution in [2.24, 2.45) is 10.2 Å². The molecule has 0 saturated heterocycles. The van der Waals surface area contributed by atoms with Gasteiger partial charge in [0.15, 0.2) is 0 Å². The smallest absolute Gasteiger partial charge is 0.231 e. The molecular formula is C21H26N7S+. The molecule has 1 N–H and O–H groups in total. The number of rotatable bonds is 7. The largest absolute Gasteiger partial charge is 0.366 e. The zero-order valence-corrected chi connectivity index (χ0v) is 18.1. The van der Waals surface area contributed by atoms with Crippen molar-refractivity contribution in [2.75, 3.05) is 45.7 Å². The van der Waals surface area contributed by atoms with E-state index in [1.165, 1.54) is 17.0 Å². The van der Waals surface area contributed by atoms with Crippen LogP contribution in [0.2, 0.25) is 0 Å². The molecule has 0 spiro atoms. The first-order valence-electron chi connectivity index (χ1n) is 9.72. The first-order valence-corrected chi connectivity index (χ1v) is 10.5.